The van der Waals surface area contributed by atoms with Crippen LogP contribution in [0, 0.1) is 0 Å². The zero-order valence-corrected chi connectivity index (χ0v) is 17.8. The quantitative estimate of drug-likeness (QED) is 0.589. The largest absolute Gasteiger partial charge is 0.417 e. The second-order valence-corrected chi connectivity index (χ2v) is 7.77. The van der Waals surface area contributed by atoms with Crippen LogP contribution in [-0.2, 0) is 15.8 Å². The molecule has 2 amide bonds. The average molecular weight is 481 g/mol. The Morgan fingerprint density at radius 1 is 0.967 bits per heavy atom. The van der Waals surface area contributed by atoms with Crippen molar-refractivity contribution >= 4 is 33.8 Å². The minimum absolute atomic E-state index is 0.0166. The fourth-order valence-electron chi connectivity index (χ4n) is 3.42. The van der Waals surface area contributed by atoms with E-state index in [1.165, 1.54) is 25.1 Å². The smallest absolute Gasteiger partial charge is 0.339 e. The molecule has 0 saturated carbocycles. The van der Waals surface area contributed by atoms with Gasteiger partial charge in [0.25, 0.3) is 0 Å². The molecule has 3 rings (SSSR count). The van der Waals surface area contributed by atoms with Crippen molar-refractivity contribution in [2.75, 3.05) is 26.2 Å². The van der Waals surface area contributed by atoms with Gasteiger partial charge in [-0.15, -0.1) is 0 Å². The van der Waals surface area contributed by atoms with Crippen LogP contribution in [0.4, 0.5) is 13.2 Å². The molecule has 1 fully saturated rings. The van der Waals surface area contributed by atoms with Crippen molar-refractivity contribution in [2.45, 2.75) is 13.1 Å². The predicted molar refractivity (Wildman–Crippen MR) is 112 cm³/mol. The van der Waals surface area contributed by atoms with Gasteiger partial charge in [0.05, 0.1) is 5.56 Å². The van der Waals surface area contributed by atoms with Gasteiger partial charge in [-0.25, -0.2) is 0 Å². The van der Waals surface area contributed by atoms with Crippen molar-refractivity contribution in [3.63, 3.8) is 0 Å². The summed E-state index contributed by atoms with van der Waals surface area (Å²) in [5, 5.41) is 0. The van der Waals surface area contributed by atoms with Gasteiger partial charge in [-0.1, -0.05) is 46.3 Å². The highest BCUT2D eigenvalue weighted by Crippen LogP contribution is 2.41. The number of nitrogens with zero attached hydrogens (tertiary/aromatic N) is 2. The molecule has 0 aromatic heterocycles. The summed E-state index contributed by atoms with van der Waals surface area (Å²) < 4.78 is 41.6. The van der Waals surface area contributed by atoms with Crippen LogP contribution in [0.25, 0.3) is 17.2 Å². The Bertz CT molecular complexity index is 981. The highest BCUT2D eigenvalue weighted by Gasteiger charge is 2.34. The first-order chi connectivity index (χ1) is 14.2. The minimum Gasteiger partial charge on any atom is -0.339 e. The molecule has 4 nitrogen and oxygen atoms in total. The molecule has 158 valence electrons. The lowest BCUT2D eigenvalue weighted by Gasteiger charge is -2.33. The Kier molecular flexibility index (Phi) is 6.65. The number of hydrogen-bond acceptors (Lipinski definition) is 2. The van der Waals surface area contributed by atoms with Gasteiger partial charge in [-0.05, 0) is 29.3 Å². The SMILES string of the molecule is CC(=O)N1CCN(C(=O)C=Cc2cccc(C(F)(F)F)c2-c2ccccc2Br)CC1. The molecule has 2 aromatic carbocycles. The van der Waals surface area contributed by atoms with E-state index in [2.05, 4.69) is 15.9 Å². The van der Waals surface area contributed by atoms with Crippen molar-refractivity contribution in [1.82, 2.24) is 9.80 Å². The van der Waals surface area contributed by atoms with Crippen LogP contribution in [0.15, 0.2) is 53.0 Å². The molecule has 0 N–H and O–H groups in total. The van der Waals surface area contributed by atoms with Gasteiger partial charge in [-0.2, -0.15) is 13.2 Å². The summed E-state index contributed by atoms with van der Waals surface area (Å²) >= 11 is 3.33. The Labute approximate surface area is 181 Å². The number of amides is 2. The van der Waals surface area contributed by atoms with Gasteiger partial charge in [0, 0.05) is 49.2 Å². The highest BCUT2D eigenvalue weighted by atomic mass is 79.9. The van der Waals surface area contributed by atoms with E-state index in [0.29, 0.717) is 41.8 Å². The van der Waals surface area contributed by atoms with E-state index in [0.717, 1.165) is 6.07 Å². The van der Waals surface area contributed by atoms with Crippen molar-refractivity contribution in [3.05, 3.63) is 64.1 Å². The van der Waals surface area contributed by atoms with Crippen LogP contribution < -0.4 is 0 Å². The van der Waals surface area contributed by atoms with E-state index in [-0.39, 0.29) is 17.4 Å². The van der Waals surface area contributed by atoms with Crippen molar-refractivity contribution < 1.29 is 22.8 Å². The van der Waals surface area contributed by atoms with Gasteiger partial charge in [-0.3, -0.25) is 9.59 Å². The van der Waals surface area contributed by atoms with E-state index in [1.807, 2.05) is 0 Å². The maximum Gasteiger partial charge on any atom is 0.417 e. The highest BCUT2D eigenvalue weighted by molar-refractivity contribution is 9.10. The maximum atomic E-state index is 13.7. The Morgan fingerprint density at radius 3 is 2.20 bits per heavy atom. The van der Waals surface area contributed by atoms with Crippen LogP contribution >= 0.6 is 15.9 Å². The fraction of sp³-hybridized carbons (Fsp3) is 0.273. The molecule has 0 aliphatic carbocycles. The number of halogens is 4. The van der Waals surface area contributed by atoms with E-state index in [9.17, 15) is 22.8 Å². The lowest BCUT2D eigenvalue weighted by atomic mass is 9.93. The predicted octanol–water partition coefficient (Wildman–Crippen LogP) is 4.84. The van der Waals surface area contributed by atoms with Crippen molar-refractivity contribution in [1.29, 1.82) is 0 Å². The topological polar surface area (TPSA) is 40.6 Å². The number of piperazine rings is 1. The van der Waals surface area contributed by atoms with Crippen molar-refractivity contribution in [3.8, 4) is 11.1 Å². The second kappa shape index (κ2) is 9.04. The Morgan fingerprint density at radius 2 is 1.60 bits per heavy atom. The number of hydrogen-bond donors (Lipinski definition) is 0. The fourth-order valence-corrected chi connectivity index (χ4v) is 3.90. The van der Waals surface area contributed by atoms with Crippen LogP contribution in [0.3, 0.4) is 0 Å². The summed E-state index contributed by atoms with van der Waals surface area (Å²) in [5.74, 6) is -0.339. The minimum atomic E-state index is -4.54. The summed E-state index contributed by atoms with van der Waals surface area (Å²) in [6.07, 6.45) is -1.83. The Balaban J connectivity index is 1.92. The maximum absolute atomic E-state index is 13.7. The summed E-state index contributed by atoms with van der Waals surface area (Å²) in [5.41, 5.74) is -0.0537. The third-order valence-corrected chi connectivity index (χ3v) is 5.68. The first kappa shape index (κ1) is 22.1. The molecule has 0 atom stereocenters. The molecule has 1 saturated heterocycles. The molecule has 0 unspecified atom stereocenters. The zero-order valence-electron chi connectivity index (χ0n) is 16.2. The van der Waals surface area contributed by atoms with E-state index in [1.54, 1.807) is 40.1 Å². The number of benzene rings is 2. The summed E-state index contributed by atoms with van der Waals surface area (Å²) in [7, 11) is 0. The number of carbonyl (C=O) groups excluding carboxylic acids is 2. The van der Waals surface area contributed by atoms with Crippen LogP contribution in [0.1, 0.15) is 18.1 Å². The summed E-state index contributed by atoms with van der Waals surface area (Å²) in [6, 6.07) is 10.6. The third-order valence-electron chi connectivity index (χ3n) is 4.99. The molecule has 0 radical (unpaired) electrons. The van der Waals surface area contributed by atoms with Gasteiger partial charge in [0.1, 0.15) is 0 Å². The first-order valence-electron chi connectivity index (χ1n) is 9.36. The average Bonchev–Trinajstić information content (AvgIpc) is 2.71. The first-order valence-corrected chi connectivity index (χ1v) is 10.2. The number of rotatable bonds is 3. The van der Waals surface area contributed by atoms with Gasteiger partial charge in [0.15, 0.2) is 0 Å². The van der Waals surface area contributed by atoms with Gasteiger partial charge in [0.2, 0.25) is 11.8 Å². The van der Waals surface area contributed by atoms with Crippen LogP contribution in [-0.4, -0.2) is 47.8 Å². The van der Waals surface area contributed by atoms with Crippen LogP contribution in [0.2, 0.25) is 0 Å². The second-order valence-electron chi connectivity index (χ2n) is 6.91. The molecule has 1 aliphatic rings. The number of alkyl halides is 3. The summed E-state index contributed by atoms with van der Waals surface area (Å²) in [4.78, 5) is 27.2. The lowest BCUT2D eigenvalue weighted by Crippen LogP contribution is -2.49. The summed E-state index contributed by atoms with van der Waals surface area (Å²) in [6.45, 7) is 3.15. The Hall–Kier alpha value is -2.61. The molecule has 1 heterocycles. The third kappa shape index (κ3) is 4.92. The molecule has 0 bridgehead atoms. The van der Waals surface area contributed by atoms with Gasteiger partial charge >= 0.3 is 6.18 Å². The molecule has 2 aromatic rings. The van der Waals surface area contributed by atoms with E-state index < -0.39 is 11.7 Å². The molecular weight excluding hydrogens is 461 g/mol. The monoisotopic (exact) mass is 480 g/mol. The van der Waals surface area contributed by atoms with E-state index in [4.69, 9.17) is 0 Å². The van der Waals surface area contributed by atoms with Gasteiger partial charge < -0.3 is 9.80 Å². The molecule has 0 spiro atoms. The molecule has 1 aliphatic heterocycles. The van der Waals surface area contributed by atoms with Crippen LogP contribution in [0.5, 0.6) is 0 Å². The van der Waals surface area contributed by atoms with E-state index >= 15 is 0 Å². The zero-order chi connectivity index (χ0) is 21.9. The van der Waals surface area contributed by atoms with Crippen molar-refractivity contribution in [2.24, 2.45) is 0 Å². The number of carbonyl (C=O) groups is 2. The lowest BCUT2D eigenvalue weighted by molar-refractivity contribution is -0.137. The molecule has 30 heavy (non-hydrogen) atoms. The standard InChI is InChI=1S/C22H20BrF3N2O2/c1-15(29)27-11-13-28(14-12-27)20(30)10-9-16-5-4-7-18(22(24,25)26)21(16)17-6-2-3-8-19(17)23/h2-10H,11-14H2,1H3. The molecule has 8 heteroatoms. The normalized spacial score (nSPS) is 15.0. The molecular formula is C22H20BrF3N2O2.